The largest absolute Gasteiger partial charge is 0.370 e. The molecule has 1 aliphatic rings. The highest BCUT2D eigenvalue weighted by Gasteiger charge is 2.23. The fraction of sp³-hybridized carbons (Fsp3) is 0.615. The molecule has 104 valence electrons. The van der Waals surface area contributed by atoms with E-state index in [2.05, 4.69) is 20.6 Å². The summed E-state index contributed by atoms with van der Waals surface area (Å²) in [5, 5.41) is 6.13. The highest BCUT2D eigenvalue weighted by molar-refractivity contribution is 5.81. The lowest BCUT2D eigenvalue weighted by Gasteiger charge is -2.18. The highest BCUT2D eigenvalue weighted by Crippen LogP contribution is 2.19. The molecular weight excluding hydrogens is 242 g/mol. The van der Waals surface area contributed by atoms with Gasteiger partial charge in [-0.2, -0.15) is 0 Å². The third-order valence-corrected chi connectivity index (χ3v) is 2.90. The van der Waals surface area contributed by atoms with Gasteiger partial charge < -0.3 is 15.5 Å². The summed E-state index contributed by atoms with van der Waals surface area (Å²) < 4.78 is 0. The van der Waals surface area contributed by atoms with E-state index in [1.54, 1.807) is 0 Å². The van der Waals surface area contributed by atoms with E-state index in [4.69, 9.17) is 0 Å². The number of carbonyl (C=O) groups is 1. The zero-order valence-electron chi connectivity index (χ0n) is 11.7. The van der Waals surface area contributed by atoms with Gasteiger partial charge in [-0.25, -0.2) is 9.97 Å². The number of rotatable bonds is 6. The van der Waals surface area contributed by atoms with Crippen molar-refractivity contribution in [1.29, 1.82) is 0 Å². The first kappa shape index (κ1) is 13.6. The Kier molecular flexibility index (Phi) is 4.19. The molecule has 6 nitrogen and oxygen atoms in total. The van der Waals surface area contributed by atoms with Gasteiger partial charge in [0, 0.05) is 25.7 Å². The van der Waals surface area contributed by atoms with Crippen molar-refractivity contribution in [1.82, 2.24) is 15.3 Å². The molecule has 0 saturated heterocycles. The van der Waals surface area contributed by atoms with Crippen LogP contribution < -0.4 is 15.5 Å². The Morgan fingerprint density at radius 3 is 2.84 bits per heavy atom. The molecule has 1 aliphatic carbocycles. The second kappa shape index (κ2) is 5.86. The minimum absolute atomic E-state index is 0.0475. The Morgan fingerprint density at radius 2 is 2.21 bits per heavy atom. The van der Waals surface area contributed by atoms with Gasteiger partial charge in [0.25, 0.3) is 0 Å². The van der Waals surface area contributed by atoms with Crippen molar-refractivity contribution < 1.29 is 4.79 Å². The van der Waals surface area contributed by atoms with Crippen LogP contribution in [0.1, 0.15) is 25.6 Å². The van der Waals surface area contributed by atoms with Crippen LogP contribution in [-0.2, 0) is 4.79 Å². The summed E-state index contributed by atoms with van der Waals surface area (Å²) in [5.41, 5.74) is 0. The van der Waals surface area contributed by atoms with Crippen LogP contribution in [0.25, 0.3) is 0 Å². The molecule has 0 bridgehead atoms. The molecule has 1 heterocycles. The van der Waals surface area contributed by atoms with Gasteiger partial charge in [0.15, 0.2) is 0 Å². The predicted molar refractivity (Wildman–Crippen MR) is 75.4 cm³/mol. The maximum absolute atomic E-state index is 11.8. The summed E-state index contributed by atoms with van der Waals surface area (Å²) in [7, 11) is 1.87. The maximum Gasteiger partial charge on any atom is 0.239 e. The fourth-order valence-electron chi connectivity index (χ4n) is 1.82. The van der Waals surface area contributed by atoms with Crippen molar-refractivity contribution >= 4 is 17.5 Å². The van der Waals surface area contributed by atoms with Crippen LogP contribution in [0.4, 0.5) is 11.6 Å². The zero-order valence-corrected chi connectivity index (χ0v) is 11.7. The number of amides is 1. The van der Waals surface area contributed by atoms with E-state index in [1.807, 2.05) is 31.9 Å². The summed E-state index contributed by atoms with van der Waals surface area (Å²) in [6, 6.07) is 2.26. The molecule has 0 unspecified atom stereocenters. The number of hydrogen-bond acceptors (Lipinski definition) is 5. The SMILES string of the molecule is CCNc1cc(N(C)CC(=O)NC2CC2)nc(C)n1. The molecule has 0 radical (unpaired) electrons. The van der Waals surface area contributed by atoms with Crippen molar-refractivity contribution in [3.8, 4) is 0 Å². The zero-order chi connectivity index (χ0) is 13.8. The molecule has 0 spiro atoms. The Labute approximate surface area is 113 Å². The fourth-order valence-corrected chi connectivity index (χ4v) is 1.82. The standard InChI is InChI=1S/C13H21N5O/c1-4-14-11-7-12(16-9(2)15-11)18(3)8-13(19)17-10-5-6-10/h7,10H,4-6,8H2,1-3H3,(H,17,19)(H,14,15,16). The lowest BCUT2D eigenvalue weighted by atomic mass is 10.4. The molecule has 1 saturated carbocycles. The van der Waals surface area contributed by atoms with E-state index in [0.29, 0.717) is 18.4 Å². The van der Waals surface area contributed by atoms with Crippen molar-refractivity contribution in [2.24, 2.45) is 0 Å². The van der Waals surface area contributed by atoms with Gasteiger partial charge in [0.1, 0.15) is 17.5 Å². The molecule has 2 rings (SSSR count). The quantitative estimate of drug-likeness (QED) is 0.799. The van der Waals surface area contributed by atoms with Gasteiger partial charge in [-0.1, -0.05) is 0 Å². The third kappa shape index (κ3) is 4.08. The second-order valence-electron chi connectivity index (χ2n) is 4.89. The van der Waals surface area contributed by atoms with E-state index < -0.39 is 0 Å². The maximum atomic E-state index is 11.8. The van der Waals surface area contributed by atoms with E-state index in [9.17, 15) is 4.79 Å². The molecule has 6 heteroatoms. The Balaban J connectivity index is 2.00. The van der Waals surface area contributed by atoms with Crippen molar-refractivity contribution in [2.75, 3.05) is 30.4 Å². The van der Waals surface area contributed by atoms with E-state index >= 15 is 0 Å². The Hall–Kier alpha value is -1.85. The average Bonchev–Trinajstić information content (AvgIpc) is 3.12. The second-order valence-corrected chi connectivity index (χ2v) is 4.89. The molecule has 1 aromatic rings. The van der Waals surface area contributed by atoms with Crippen LogP contribution in [0.2, 0.25) is 0 Å². The van der Waals surface area contributed by atoms with E-state index in [0.717, 1.165) is 31.0 Å². The molecule has 0 aliphatic heterocycles. The first-order valence-electron chi connectivity index (χ1n) is 6.68. The van der Waals surface area contributed by atoms with Crippen LogP contribution in [0.3, 0.4) is 0 Å². The molecule has 2 N–H and O–H groups in total. The smallest absolute Gasteiger partial charge is 0.239 e. The molecular formula is C13H21N5O. The van der Waals surface area contributed by atoms with Crippen LogP contribution in [0, 0.1) is 6.92 Å². The molecule has 1 fully saturated rings. The van der Waals surface area contributed by atoms with Gasteiger partial charge in [-0.3, -0.25) is 4.79 Å². The first-order valence-corrected chi connectivity index (χ1v) is 6.68. The van der Waals surface area contributed by atoms with Crippen LogP contribution in [0.15, 0.2) is 6.07 Å². The molecule has 1 aromatic heterocycles. The average molecular weight is 263 g/mol. The third-order valence-electron chi connectivity index (χ3n) is 2.90. The highest BCUT2D eigenvalue weighted by atomic mass is 16.2. The summed E-state index contributed by atoms with van der Waals surface area (Å²) in [4.78, 5) is 22.3. The Morgan fingerprint density at radius 1 is 1.47 bits per heavy atom. The minimum Gasteiger partial charge on any atom is -0.370 e. The summed E-state index contributed by atoms with van der Waals surface area (Å²) >= 11 is 0. The Bertz CT molecular complexity index is 458. The molecule has 19 heavy (non-hydrogen) atoms. The van der Waals surface area contributed by atoms with Crippen LogP contribution in [-0.4, -0.2) is 42.1 Å². The van der Waals surface area contributed by atoms with E-state index in [1.165, 1.54) is 0 Å². The summed E-state index contributed by atoms with van der Waals surface area (Å²) in [6.45, 7) is 4.99. The minimum atomic E-state index is 0.0475. The lowest BCUT2D eigenvalue weighted by Crippen LogP contribution is -2.36. The number of nitrogens with one attached hydrogen (secondary N) is 2. The van der Waals surface area contributed by atoms with Gasteiger partial charge in [0.2, 0.25) is 5.91 Å². The van der Waals surface area contributed by atoms with Gasteiger partial charge in [-0.15, -0.1) is 0 Å². The van der Waals surface area contributed by atoms with Crippen molar-refractivity contribution in [3.05, 3.63) is 11.9 Å². The van der Waals surface area contributed by atoms with Gasteiger partial charge in [-0.05, 0) is 26.7 Å². The van der Waals surface area contributed by atoms with Gasteiger partial charge >= 0.3 is 0 Å². The molecule has 0 atom stereocenters. The summed E-state index contributed by atoms with van der Waals surface area (Å²) in [6.07, 6.45) is 2.21. The number of hydrogen-bond donors (Lipinski definition) is 2. The van der Waals surface area contributed by atoms with Crippen molar-refractivity contribution in [3.63, 3.8) is 0 Å². The van der Waals surface area contributed by atoms with Gasteiger partial charge in [0.05, 0.1) is 6.54 Å². The number of aromatic nitrogens is 2. The molecule has 0 aromatic carbocycles. The van der Waals surface area contributed by atoms with Crippen LogP contribution in [0.5, 0.6) is 0 Å². The molecule has 1 amide bonds. The first-order chi connectivity index (χ1) is 9.08. The summed E-state index contributed by atoms with van der Waals surface area (Å²) in [5.74, 6) is 2.29. The number of carbonyl (C=O) groups excluding carboxylic acids is 1. The number of nitrogens with zero attached hydrogens (tertiary/aromatic N) is 3. The number of anilines is 2. The van der Waals surface area contributed by atoms with Crippen molar-refractivity contribution in [2.45, 2.75) is 32.7 Å². The predicted octanol–water partition coefficient (Wildman–Crippen LogP) is 0.932. The normalized spacial score (nSPS) is 14.1. The van der Waals surface area contributed by atoms with E-state index in [-0.39, 0.29) is 5.91 Å². The number of likely N-dealkylation sites (N-methyl/N-ethyl adjacent to an activating group) is 1. The lowest BCUT2D eigenvalue weighted by molar-refractivity contribution is -0.119. The monoisotopic (exact) mass is 263 g/mol. The topological polar surface area (TPSA) is 70.2 Å². The van der Waals surface area contributed by atoms with Crippen LogP contribution >= 0.6 is 0 Å². The number of aryl methyl sites for hydroxylation is 1.